The number of nitrogens with zero attached hydrogens (tertiary/aromatic N) is 1. The van der Waals surface area contributed by atoms with Gasteiger partial charge in [0.1, 0.15) is 0 Å². The topological polar surface area (TPSA) is 46.3 Å². The molecule has 3 rings (SSSR count). The molecule has 2 N–H and O–H groups in total. The lowest BCUT2D eigenvalue weighted by Crippen LogP contribution is -2.31. The number of benzene rings is 1. The number of hydrogen-bond donors (Lipinski definition) is 1. The molecule has 1 saturated heterocycles. The molecule has 0 radical (unpaired) electrons. The summed E-state index contributed by atoms with van der Waals surface area (Å²) in [5, 5.41) is 0. The van der Waals surface area contributed by atoms with Gasteiger partial charge >= 0.3 is 0 Å². The minimum Gasteiger partial charge on any atom is -0.369 e. The van der Waals surface area contributed by atoms with Gasteiger partial charge in [-0.25, -0.2) is 0 Å². The lowest BCUT2D eigenvalue weighted by atomic mass is 9.92. The zero-order valence-corrected chi connectivity index (χ0v) is 8.52. The van der Waals surface area contributed by atoms with Gasteiger partial charge in [-0.3, -0.25) is 9.69 Å². The van der Waals surface area contributed by atoms with E-state index < -0.39 is 0 Å². The third kappa shape index (κ3) is 1.20. The number of nitrogens with two attached hydrogens (primary N) is 1. The van der Waals surface area contributed by atoms with E-state index in [0.29, 0.717) is 18.6 Å². The van der Waals surface area contributed by atoms with Crippen molar-refractivity contribution in [1.82, 2.24) is 4.90 Å². The molecule has 78 valence electrons. The Kier molecular flexibility index (Phi) is 1.83. The van der Waals surface area contributed by atoms with Gasteiger partial charge in [0.2, 0.25) is 5.91 Å². The first-order valence-electron chi connectivity index (χ1n) is 5.40. The van der Waals surface area contributed by atoms with Crippen LogP contribution in [-0.4, -0.2) is 17.4 Å². The Morgan fingerprint density at radius 3 is 2.27 bits per heavy atom. The summed E-state index contributed by atoms with van der Waals surface area (Å²) in [7, 11) is 0. The zero-order valence-electron chi connectivity index (χ0n) is 8.52. The van der Waals surface area contributed by atoms with Gasteiger partial charge in [-0.05, 0) is 24.0 Å². The van der Waals surface area contributed by atoms with Crippen LogP contribution in [0.3, 0.4) is 0 Å². The van der Waals surface area contributed by atoms with Gasteiger partial charge in [-0.2, -0.15) is 0 Å². The molecule has 1 aromatic rings. The molecular formula is C12H14N2O. The van der Waals surface area contributed by atoms with Crippen molar-refractivity contribution in [2.45, 2.75) is 24.9 Å². The lowest BCUT2D eigenvalue weighted by Gasteiger charge is -2.19. The standard InChI is InChI=1S/C12H14N2O/c13-12(15)7-14-10-5-6-11(14)9-4-2-1-3-8(9)10/h1-4,10-11H,5-7H2,(H2,13,15). The molecule has 0 saturated carbocycles. The molecule has 2 aliphatic heterocycles. The van der Waals surface area contributed by atoms with Crippen molar-refractivity contribution < 1.29 is 4.79 Å². The van der Waals surface area contributed by atoms with Crippen LogP contribution in [0.25, 0.3) is 0 Å². The number of carbonyl (C=O) groups is 1. The molecule has 3 heteroatoms. The first-order chi connectivity index (χ1) is 7.27. The number of carbonyl (C=O) groups excluding carboxylic acids is 1. The highest BCUT2D eigenvalue weighted by Gasteiger charge is 2.43. The van der Waals surface area contributed by atoms with E-state index in [0.717, 1.165) is 12.8 Å². The molecule has 2 atom stereocenters. The van der Waals surface area contributed by atoms with Crippen LogP contribution in [0.15, 0.2) is 24.3 Å². The quantitative estimate of drug-likeness (QED) is 0.787. The van der Waals surface area contributed by atoms with E-state index in [-0.39, 0.29) is 5.91 Å². The Hall–Kier alpha value is -1.35. The second kappa shape index (κ2) is 3.07. The Bertz CT molecular complexity index is 385. The fraction of sp³-hybridized carbons (Fsp3) is 0.417. The van der Waals surface area contributed by atoms with Crippen molar-refractivity contribution in [3.63, 3.8) is 0 Å². The predicted octanol–water partition coefficient (Wildman–Crippen LogP) is 1.36. The first-order valence-corrected chi connectivity index (χ1v) is 5.40. The van der Waals surface area contributed by atoms with Crippen molar-refractivity contribution in [1.29, 1.82) is 0 Å². The minimum atomic E-state index is -0.222. The summed E-state index contributed by atoms with van der Waals surface area (Å²) in [6.45, 7) is 0.393. The van der Waals surface area contributed by atoms with Gasteiger partial charge in [0.25, 0.3) is 0 Å². The Labute approximate surface area is 88.9 Å². The average molecular weight is 202 g/mol. The Morgan fingerprint density at radius 1 is 1.27 bits per heavy atom. The monoisotopic (exact) mass is 202 g/mol. The third-order valence-corrected chi connectivity index (χ3v) is 3.57. The van der Waals surface area contributed by atoms with E-state index in [9.17, 15) is 4.79 Å². The fourth-order valence-corrected chi connectivity index (χ4v) is 3.05. The van der Waals surface area contributed by atoms with E-state index in [4.69, 9.17) is 5.73 Å². The van der Waals surface area contributed by atoms with Crippen molar-refractivity contribution in [3.8, 4) is 0 Å². The second-order valence-electron chi connectivity index (χ2n) is 4.38. The molecular weight excluding hydrogens is 188 g/mol. The van der Waals surface area contributed by atoms with Gasteiger partial charge in [0, 0.05) is 12.1 Å². The van der Waals surface area contributed by atoms with Gasteiger partial charge in [0.05, 0.1) is 6.54 Å². The largest absolute Gasteiger partial charge is 0.369 e. The van der Waals surface area contributed by atoms with Crippen LogP contribution < -0.4 is 5.73 Å². The third-order valence-electron chi connectivity index (χ3n) is 3.57. The van der Waals surface area contributed by atoms with Crippen LogP contribution in [0, 0.1) is 0 Å². The summed E-state index contributed by atoms with van der Waals surface area (Å²) in [5.74, 6) is -0.222. The molecule has 2 aliphatic rings. The predicted molar refractivity (Wildman–Crippen MR) is 57.1 cm³/mol. The average Bonchev–Trinajstić information content (AvgIpc) is 2.74. The summed E-state index contributed by atoms with van der Waals surface area (Å²) in [5.41, 5.74) is 8.08. The van der Waals surface area contributed by atoms with Crippen LogP contribution in [0.2, 0.25) is 0 Å². The van der Waals surface area contributed by atoms with Gasteiger partial charge in [-0.15, -0.1) is 0 Å². The highest BCUT2D eigenvalue weighted by Crippen LogP contribution is 2.52. The summed E-state index contributed by atoms with van der Waals surface area (Å²) in [6.07, 6.45) is 2.32. The van der Waals surface area contributed by atoms with E-state index in [2.05, 4.69) is 29.2 Å². The molecule has 0 aliphatic carbocycles. The van der Waals surface area contributed by atoms with E-state index in [1.54, 1.807) is 0 Å². The van der Waals surface area contributed by atoms with Gasteiger partial charge < -0.3 is 5.73 Å². The number of amides is 1. The maximum absolute atomic E-state index is 11.0. The molecule has 1 amide bonds. The van der Waals surface area contributed by atoms with Crippen LogP contribution in [0.4, 0.5) is 0 Å². The van der Waals surface area contributed by atoms with Gasteiger partial charge in [0.15, 0.2) is 0 Å². The van der Waals surface area contributed by atoms with E-state index in [1.165, 1.54) is 11.1 Å². The van der Waals surface area contributed by atoms with Crippen molar-refractivity contribution >= 4 is 5.91 Å². The Balaban J connectivity index is 1.98. The van der Waals surface area contributed by atoms with Crippen LogP contribution in [-0.2, 0) is 4.79 Å². The zero-order chi connectivity index (χ0) is 10.4. The highest BCUT2D eigenvalue weighted by atomic mass is 16.1. The van der Waals surface area contributed by atoms with E-state index >= 15 is 0 Å². The maximum atomic E-state index is 11.0. The lowest BCUT2D eigenvalue weighted by molar-refractivity contribution is -0.119. The van der Waals surface area contributed by atoms with Crippen molar-refractivity contribution in [2.75, 3.05) is 6.54 Å². The summed E-state index contributed by atoms with van der Waals surface area (Å²) >= 11 is 0. The second-order valence-corrected chi connectivity index (χ2v) is 4.38. The molecule has 2 unspecified atom stereocenters. The van der Waals surface area contributed by atoms with Gasteiger partial charge in [-0.1, -0.05) is 24.3 Å². The SMILES string of the molecule is NC(=O)CN1C2CCC1c1ccccc12. The number of hydrogen-bond acceptors (Lipinski definition) is 2. The Morgan fingerprint density at radius 2 is 1.80 bits per heavy atom. The minimum absolute atomic E-state index is 0.222. The normalized spacial score (nSPS) is 28.0. The summed E-state index contributed by atoms with van der Waals surface area (Å²) in [6, 6.07) is 9.35. The van der Waals surface area contributed by atoms with Crippen LogP contribution in [0.5, 0.6) is 0 Å². The highest BCUT2D eigenvalue weighted by molar-refractivity contribution is 5.76. The van der Waals surface area contributed by atoms with Crippen LogP contribution in [0.1, 0.15) is 36.1 Å². The molecule has 15 heavy (non-hydrogen) atoms. The fourth-order valence-electron chi connectivity index (χ4n) is 3.05. The van der Waals surface area contributed by atoms with Crippen molar-refractivity contribution in [2.24, 2.45) is 5.73 Å². The number of primary amides is 1. The molecule has 3 nitrogen and oxygen atoms in total. The molecule has 2 heterocycles. The maximum Gasteiger partial charge on any atom is 0.231 e. The van der Waals surface area contributed by atoms with Crippen LogP contribution >= 0.6 is 0 Å². The molecule has 0 aromatic heterocycles. The molecule has 2 bridgehead atoms. The number of fused-ring (bicyclic) bond motifs is 5. The first kappa shape index (κ1) is 8.92. The van der Waals surface area contributed by atoms with Crippen molar-refractivity contribution in [3.05, 3.63) is 35.4 Å². The summed E-state index contributed by atoms with van der Waals surface area (Å²) in [4.78, 5) is 13.2. The van der Waals surface area contributed by atoms with E-state index in [1.807, 2.05) is 0 Å². The molecule has 0 spiro atoms. The number of rotatable bonds is 2. The molecule has 1 fully saturated rings. The smallest absolute Gasteiger partial charge is 0.231 e. The molecule has 1 aromatic carbocycles. The summed E-state index contributed by atoms with van der Waals surface area (Å²) < 4.78 is 0.